The number of carbonyl (C=O) groups is 3. The van der Waals surface area contributed by atoms with E-state index in [-0.39, 0.29) is 31.0 Å². The van der Waals surface area contributed by atoms with Crippen molar-refractivity contribution in [1.82, 2.24) is 15.5 Å². The van der Waals surface area contributed by atoms with Gasteiger partial charge < -0.3 is 25.0 Å². The number of nitrogens with zero attached hydrogens (tertiary/aromatic N) is 1. The van der Waals surface area contributed by atoms with Crippen LogP contribution in [0.1, 0.15) is 17.5 Å². The Morgan fingerprint density at radius 3 is 2.61 bits per heavy atom. The highest BCUT2D eigenvalue weighted by molar-refractivity contribution is 5.97. The van der Waals surface area contributed by atoms with Crippen LogP contribution < -0.4 is 15.4 Å². The maximum Gasteiger partial charge on any atom is 0.412 e. The smallest absolute Gasteiger partial charge is 0.410 e. The first-order chi connectivity index (χ1) is 15.0. The van der Waals surface area contributed by atoms with E-state index in [2.05, 4.69) is 10.6 Å². The van der Waals surface area contributed by atoms with Crippen molar-refractivity contribution in [2.75, 3.05) is 13.2 Å². The molecule has 162 valence electrons. The molecule has 0 aliphatic carbocycles. The summed E-state index contributed by atoms with van der Waals surface area (Å²) < 4.78 is 10.9. The van der Waals surface area contributed by atoms with Gasteiger partial charge in [0.25, 0.3) is 0 Å². The Labute approximate surface area is 180 Å². The SMILES string of the molecule is Cc1ccc(OC(=O)N[C@H]2C[C@H]3C(=O)N[C@@H](COCc4ccccc4)C(=O)N3C2)cc1. The van der Waals surface area contributed by atoms with Gasteiger partial charge in [-0.1, -0.05) is 48.0 Å². The summed E-state index contributed by atoms with van der Waals surface area (Å²) in [5, 5.41) is 5.50. The number of amides is 3. The van der Waals surface area contributed by atoms with Crippen molar-refractivity contribution in [1.29, 1.82) is 0 Å². The van der Waals surface area contributed by atoms with Gasteiger partial charge in [0.15, 0.2) is 0 Å². The predicted molar refractivity (Wildman–Crippen MR) is 112 cm³/mol. The largest absolute Gasteiger partial charge is 0.412 e. The molecule has 2 saturated heterocycles. The molecule has 0 spiro atoms. The first kappa shape index (κ1) is 20.9. The van der Waals surface area contributed by atoms with Gasteiger partial charge in [-0.3, -0.25) is 9.59 Å². The van der Waals surface area contributed by atoms with E-state index >= 15 is 0 Å². The Bertz CT molecular complexity index is 947. The molecule has 3 amide bonds. The van der Waals surface area contributed by atoms with Crippen LogP contribution in [0.15, 0.2) is 54.6 Å². The van der Waals surface area contributed by atoms with Gasteiger partial charge in [0.2, 0.25) is 11.8 Å². The highest BCUT2D eigenvalue weighted by Gasteiger charge is 2.46. The van der Waals surface area contributed by atoms with Gasteiger partial charge in [-0.05, 0) is 31.0 Å². The van der Waals surface area contributed by atoms with Crippen molar-refractivity contribution in [2.24, 2.45) is 0 Å². The number of fused-ring (bicyclic) bond motifs is 1. The Morgan fingerprint density at radius 2 is 1.87 bits per heavy atom. The molecule has 31 heavy (non-hydrogen) atoms. The van der Waals surface area contributed by atoms with Crippen LogP contribution in [-0.2, 0) is 20.9 Å². The zero-order chi connectivity index (χ0) is 21.8. The molecule has 0 saturated carbocycles. The average molecular weight is 423 g/mol. The fraction of sp³-hybridized carbons (Fsp3) is 0.348. The lowest BCUT2D eigenvalue weighted by Gasteiger charge is -2.34. The molecule has 8 heteroatoms. The highest BCUT2D eigenvalue weighted by Crippen LogP contribution is 2.23. The van der Waals surface area contributed by atoms with Gasteiger partial charge in [-0.25, -0.2) is 4.79 Å². The molecule has 0 aromatic heterocycles. The number of rotatable bonds is 6. The van der Waals surface area contributed by atoms with Crippen LogP contribution in [0.4, 0.5) is 4.79 Å². The van der Waals surface area contributed by atoms with Gasteiger partial charge in [-0.2, -0.15) is 0 Å². The number of ether oxygens (including phenoxy) is 2. The fourth-order valence-electron chi connectivity index (χ4n) is 3.85. The zero-order valence-corrected chi connectivity index (χ0v) is 17.2. The predicted octanol–water partition coefficient (Wildman–Crippen LogP) is 1.77. The molecule has 2 aromatic carbocycles. The first-order valence-corrected chi connectivity index (χ1v) is 10.3. The number of piperazine rings is 1. The lowest BCUT2D eigenvalue weighted by molar-refractivity contribution is -0.148. The number of carbonyl (C=O) groups excluding carboxylic acids is 3. The number of hydrogen-bond acceptors (Lipinski definition) is 5. The van der Waals surface area contributed by atoms with Gasteiger partial charge in [0.05, 0.1) is 19.3 Å². The minimum atomic E-state index is -0.731. The summed E-state index contributed by atoms with van der Waals surface area (Å²) in [5.74, 6) is 0.00115. The Kier molecular flexibility index (Phi) is 6.18. The van der Waals surface area contributed by atoms with Crippen LogP contribution >= 0.6 is 0 Å². The summed E-state index contributed by atoms with van der Waals surface area (Å²) in [5.41, 5.74) is 2.06. The van der Waals surface area contributed by atoms with Crippen LogP contribution in [0.5, 0.6) is 5.75 Å². The third-order valence-corrected chi connectivity index (χ3v) is 5.45. The first-order valence-electron chi connectivity index (χ1n) is 10.3. The summed E-state index contributed by atoms with van der Waals surface area (Å²) in [6.45, 7) is 2.66. The van der Waals surface area contributed by atoms with Crippen LogP contribution in [0, 0.1) is 6.92 Å². The Morgan fingerprint density at radius 1 is 1.13 bits per heavy atom. The highest BCUT2D eigenvalue weighted by atomic mass is 16.6. The van der Waals surface area contributed by atoms with E-state index in [0.717, 1.165) is 11.1 Å². The lowest BCUT2D eigenvalue weighted by atomic mass is 10.1. The van der Waals surface area contributed by atoms with Crippen molar-refractivity contribution in [3.05, 3.63) is 65.7 Å². The van der Waals surface area contributed by atoms with Crippen LogP contribution in [0.25, 0.3) is 0 Å². The molecule has 3 atom stereocenters. The molecule has 2 aliphatic rings. The average Bonchev–Trinajstić information content (AvgIpc) is 3.18. The molecule has 2 heterocycles. The number of hydrogen-bond donors (Lipinski definition) is 2. The normalized spacial score (nSPS) is 22.6. The van der Waals surface area contributed by atoms with E-state index in [1.807, 2.05) is 49.4 Å². The third-order valence-electron chi connectivity index (χ3n) is 5.45. The topological polar surface area (TPSA) is 97.0 Å². The quantitative estimate of drug-likeness (QED) is 0.738. The maximum atomic E-state index is 12.8. The summed E-state index contributed by atoms with van der Waals surface area (Å²) >= 11 is 0. The van der Waals surface area contributed by atoms with E-state index in [9.17, 15) is 14.4 Å². The van der Waals surface area contributed by atoms with Gasteiger partial charge in [0, 0.05) is 6.54 Å². The van der Waals surface area contributed by atoms with Crippen molar-refractivity contribution < 1.29 is 23.9 Å². The Balaban J connectivity index is 1.29. The molecule has 2 fully saturated rings. The van der Waals surface area contributed by atoms with Gasteiger partial charge in [0.1, 0.15) is 17.8 Å². The van der Waals surface area contributed by atoms with Crippen LogP contribution in [0.2, 0.25) is 0 Å². The zero-order valence-electron chi connectivity index (χ0n) is 17.2. The summed E-state index contributed by atoms with van der Waals surface area (Å²) in [4.78, 5) is 39.1. The van der Waals surface area contributed by atoms with E-state index in [1.165, 1.54) is 4.90 Å². The number of aryl methyl sites for hydroxylation is 1. The monoisotopic (exact) mass is 423 g/mol. The second kappa shape index (κ2) is 9.18. The molecule has 2 aliphatic heterocycles. The molecule has 2 N–H and O–H groups in total. The molecule has 8 nitrogen and oxygen atoms in total. The molecule has 2 aromatic rings. The van der Waals surface area contributed by atoms with E-state index in [0.29, 0.717) is 18.8 Å². The van der Waals surface area contributed by atoms with E-state index in [4.69, 9.17) is 9.47 Å². The Hall–Kier alpha value is -3.39. The molecule has 0 unspecified atom stereocenters. The van der Waals surface area contributed by atoms with E-state index < -0.39 is 18.2 Å². The van der Waals surface area contributed by atoms with Gasteiger partial charge >= 0.3 is 6.09 Å². The summed E-state index contributed by atoms with van der Waals surface area (Å²) in [6.07, 6.45) is -0.262. The van der Waals surface area contributed by atoms with E-state index in [1.54, 1.807) is 12.1 Å². The van der Waals surface area contributed by atoms with Crippen LogP contribution in [-0.4, -0.2) is 54.1 Å². The molecular formula is C23H25N3O5. The number of nitrogens with one attached hydrogen (secondary N) is 2. The summed E-state index contributed by atoms with van der Waals surface area (Å²) in [7, 11) is 0. The second-order valence-corrected chi connectivity index (χ2v) is 7.85. The summed E-state index contributed by atoms with van der Waals surface area (Å²) in [6, 6.07) is 15.1. The fourth-order valence-corrected chi connectivity index (χ4v) is 3.85. The number of benzene rings is 2. The van der Waals surface area contributed by atoms with Crippen molar-refractivity contribution in [3.8, 4) is 5.75 Å². The van der Waals surface area contributed by atoms with Crippen molar-refractivity contribution in [3.63, 3.8) is 0 Å². The van der Waals surface area contributed by atoms with Crippen molar-refractivity contribution in [2.45, 2.75) is 38.1 Å². The molecule has 4 rings (SSSR count). The molecule has 0 bridgehead atoms. The second-order valence-electron chi connectivity index (χ2n) is 7.85. The van der Waals surface area contributed by atoms with Crippen LogP contribution in [0.3, 0.4) is 0 Å². The van der Waals surface area contributed by atoms with Crippen molar-refractivity contribution >= 4 is 17.9 Å². The van der Waals surface area contributed by atoms with Gasteiger partial charge in [-0.15, -0.1) is 0 Å². The minimum Gasteiger partial charge on any atom is -0.410 e. The maximum absolute atomic E-state index is 12.8. The minimum absolute atomic E-state index is 0.0935. The lowest BCUT2D eigenvalue weighted by Crippen LogP contribution is -2.62. The molecule has 0 radical (unpaired) electrons. The molecular weight excluding hydrogens is 398 g/mol. The standard InChI is InChI=1S/C23H25N3O5/c1-15-7-9-18(10-8-15)31-23(29)24-17-11-20-21(27)25-19(22(28)26(20)12-17)14-30-13-16-5-3-2-4-6-16/h2-10,17,19-20H,11-14H2,1H3,(H,24,29)(H,25,27)/t17-,19-,20-/m0/s1. The third kappa shape index (κ3) is 5.03.